The summed E-state index contributed by atoms with van der Waals surface area (Å²) < 4.78 is 11.8. The first-order valence-electron chi connectivity index (χ1n) is 8.82. The van der Waals surface area contributed by atoms with E-state index in [9.17, 15) is 5.11 Å². The lowest BCUT2D eigenvalue weighted by Crippen LogP contribution is -2.04. The number of aromatic hydroxyl groups is 1. The summed E-state index contributed by atoms with van der Waals surface area (Å²) in [5.74, 6) is 1.58. The van der Waals surface area contributed by atoms with Crippen molar-refractivity contribution in [1.29, 1.82) is 0 Å². The van der Waals surface area contributed by atoms with E-state index in [4.69, 9.17) is 9.47 Å². The van der Waals surface area contributed by atoms with Gasteiger partial charge in [0.15, 0.2) is 0 Å². The topological polar surface area (TPSA) is 38.7 Å². The van der Waals surface area contributed by atoms with Crippen molar-refractivity contribution >= 4 is 0 Å². The lowest BCUT2D eigenvalue weighted by molar-refractivity contribution is 0.295. The van der Waals surface area contributed by atoms with E-state index < -0.39 is 0 Å². The number of rotatable bonds is 10. The molecule has 0 fully saturated rings. The fourth-order valence-electron chi connectivity index (χ4n) is 2.20. The number of hydrogen-bond donors (Lipinski definition) is 1. The van der Waals surface area contributed by atoms with E-state index in [1.807, 2.05) is 19.9 Å². The van der Waals surface area contributed by atoms with Gasteiger partial charge in [-0.25, -0.2) is 0 Å². The van der Waals surface area contributed by atoms with Gasteiger partial charge in [-0.3, -0.25) is 0 Å². The van der Waals surface area contributed by atoms with Crippen LogP contribution in [-0.2, 0) is 6.42 Å². The van der Waals surface area contributed by atoms with Crippen molar-refractivity contribution in [1.82, 2.24) is 0 Å². The summed E-state index contributed by atoms with van der Waals surface area (Å²) in [6.45, 7) is 11.5. The minimum atomic E-state index is 0.175. The van der Waals surface area contributed by atoms with Crippen molar-refractivity contribution in [2.75, 3.05) is 13.2 Å². The summed E-state index contributed by atoms with van der Waals surface area (Å²) in [5.41, 5.74) is 3.44. The molecular formula is C21H32O3. The van der Waals surface area contributed by atoms with E-state index in [-0.39, 0.29) is 5.75 Å². The van der Waals surface area contributed by atoms with E-state index in [0.717, 1.165) is 37.0 Å². The summed E-state index contributed by atoms with van der Waals surface area (Å²) in [6, 6.07) is 3.36. The Bertz CT molecular complexity index is 563. The van der Waals surface area contributed by atoms with Gasteiger partial charge in [0.2, 0.25) is 0 Å². The van der Waals surface area contributed by atoms with Gasteiger partial charge in [-0.15, -0.1) is 0 Å². The van der Waals surface area contributed by atoms with Crippen molar-refractivity contribution in [3.63, 3.8) is 0 Å². The highest BCUT2D eigenvalue weighted by molar-refractivity contribution is 5.51. The fourth-order valence-corrected chi connectivity index (χ4v) is 2.20. The molecule has 0 amide bonds. The molecule has 24 heavy (non-hydrogen) atoms. The second kappa shape index (κ2) is 10.8. The monoisotopic (exact) mass is 332 g/mol. The smallest absolute Gasteiger partial charge is 0.130 e. The Morgan fingerprint density at radius 3 is 2.17 bits per heavy atom. The molecule has 1 N–H and O–H groups in total. The van der Waals surface area contributed by atoms with E-state index in [1.54, 1.807) is 12.1 Å². The maximum Gasteiger partial charge on any atom is 0.130 e. The first-order valence-corrected chi connectivity index (χ1v) is 8.82. The Balaban J connectivity index is 3.02. The van der Waals surface area contributed by atoms with Gasteiger partial charge >= 0.3 is 0 Å². The third-order valence-electron chi connectivity index (χ3n) is 3.60. The van der Waals surface area contributed by atoms with Gasteiger partial charge in [0, 0.05) is 17.7 Å². The van der Waals surface area contributed by atoms with E-state index in [1.165, 1.54) is 11.1 Å². The van der Waals surface area contributed by atoms with E-state index in [0.29, 0.717) is 19.0 Å². The average Bonchev–Trinajstić information content (AvgIpc) is 2.50. The lowest BCUT2D eigenvalue weighted by Gasteiger charge is -2.16. The second-order valence-electron chi connectivity index (χ2n) is 6.55. The minimum Gasteiger partial charge on any atom is -0.508 e. The molecule has 0 saturated carbocycles. The normalized spacial score (nSPS) is 10.2. The zero-order valence-corrected chi connectivity index (χ0v) is 15.8. The van der Waals surface area contributed by atoms with Crippen molar-refractivity contribution < 1.29 is 14.6 Å². The molecule has 0 unspecified atom stereocenters. The van der Waals surface area contributed by atoms with Crippen LogP contribution in [0.3, 0.4) is 0 Å². The summed E-state index contributed by atoms with van der Waals surface area (Å²) in [7, 11) is 0. The molecule has 0 aliphatic rings. The van der Waals surface area contributed by atoms with Gasteiger partial charge in [-0.2, -0.15) is 0 Å². The Hall–Kier alpha value is -1.90. The lowest BCUT2D eigenvalue weighted by atomic mass is 10.1. The number of phenolic OH excluding ortho intramolecular Hbond substituents is 1. The van der Waals surface area contributed by atoms with Crippen LogP contribution >= 0.6 is 0 Å². The molecule has 0 bridgehead atoms. The van der Waals surface area contributed by atoms with Crippen LogP contribution in [0.25, 0.3) is 0 Å². The maximum atomic E-state index is 10.0. The number of phenols is 1. The fraction of sp³-hybridized carbons (Fsp3) is 0.524. The number of benzene rings is 1. The van der Waals surface area contributed by atoms with Gasteiger partial charge in [0.1, 0.15) is 23.9 Å². The Morgan fingerprint density at radius 1 is 0.958 bits per heavy atom. The highest BCUT2D eigenvalue weighted by atomic mass is 16.5. The average molecular weight is 332 g/mol. The second-order valence-corrected chi connectivity index (χ2v) is 6.55. The minimum absolute atomic E-state index is 0.175. The first-order chi connectivity index (χ1) is 11.4. The number of allylic oxidation sites excluding steroid dienone is 3. The van der Waals surface area contributed by atoms with Crippen molar-refractivity contribution in [2.45, 2.75) is 60.3 Å². The Kier molecular flexibility index (Phi) is 9.06. The van der Waals surface area contributed by atoms with Crippen LogP contribution in [-0.4, -0.2) is 18.3 Å². The van der Waals surface area contributed by atoms with Crippen LogP contribution in [0.4, 0.5) is 0 Å². The molecular weight excluding hydrogens is 300 g/mol. The van der Waals surface area contributed by atoms with Crippen LogP contribution in [0.1, 0.15) is 59.4 Å². The molecule has 1 aromatic rings. The Labute approximate surface area is 147 Å². The number of hydrogen-bond acceptors (Lipinski definition) is 3. The Morgan fingerprint density at radius 2 is 1.58 bits per heavy atom. The molecule has 0 atom stereocenters. The molecule has 1 aromatic carbocycles. The van der Waals surface area contributed by atoms with Gasteiger partial charge in [0.25, 0.3) is 0 Å². The summed E-state index contributed by atoms with van der Waals surface area (Å²) in [5, 5.41) is 10.0. The highest BCUT2D eigenvalue weighted by Crippen LogP contribution is 2.35. The standard InChI is InChI=1S/C21H32O3/c1-6-7-8-12-23-20-14-18(22)15-21(24-13-11-17(4)5)19(20)10-9-16(2)3/h9,11,14-15,22H,6-8,10,12-13H2,1-5H3. The van der Waals surface area contributed by atoms with Gasteiger partial charge in [-0.1, -0.05) is 37.0 Å². The van der Waals surface area contributed by atoms with Crippen molar-refractivity contribution in [2.24, 2.45) is 0 Å². The highest BCUT2D eigenvalue weighted by Gasteiger charge is 2.13. The predicted molar refractivity (Wildman–Crippen MR) is 101 cm³/mol. The summed E-state index contributed by atoms with van der Waals surface area (Å²) in [4.78, 5) is 0. The van der Waals surface area contributed by atoms with Gasteiger partial charge in [0.05, 0.1) is 6.61 Å². The molecule has 134 valence electrons. The van der Waals surface area contributed by atoms with E-state index >= 15 is 0 Å². The molecule has 0 spiro atoms. The summed E-state index contributed by atoms with van der Waals surface area (Å²) in [6.07, 6.45) is 8.23. The molecule has 0 radical (unpaired) electrons. The quantitative estimate of drug-likeness (QED) is 0.434. The predicted octanol–water partition coefficient (Wildman–Crippen LogP) is 5.81. The summed E-state index contributed by atoms with van der Waals surface area (Å²) >= 11 is 0. The number of ether oxygens (including phenoxy) is 2. The third-order valence-corrected chi connectivity index (χ3v) is 3.60. The molecule has 3 heteroatoms. The van der Waals surface area contributed by atoms with Crippen molar-refractivity contribution in [3.8, 4) is 17.2 Å². The molecule has 0 saturated heterocycles. The molecule has 3 nitrogen and oxygen atoms in total. The third kappa shape index (κ3) is 7.58. The van der Waals surface area contributed by atoms with E-state index in [2.05, 4.69) is 26.8 Å². The van der Waals surface area contributed by atoms with Crippen molar-refractivity contribution in [3.05, 3.63) is 41.0 Å². The largest absolute Gasteiger partial charge is 0.508 e. The molecule has 1 rings (SSSR count). The molecule has 0 aromatic heterocycles. The van der Waals surface area contributed by atoms with Crippen LogP contribution in [0, 0.1) is 0 Å². The first kappa shape index (κ1) is 20.1. The zero-order chi connectivity index (χ0) is 17.9. The molecule has 0 aliphatic carbocycles. The van der Waals surface area contributed by atoms with Gasteiger partial charge < -0.3 is 14.6 Å². The van der Waals surface area contributed by atoms with Crippen LogP contribution in [0.2, 0.25) is 0 Å². The number of unbranched alkanes of at least 4 members (excludes halogenated alkanes) is 2. The maximum absolute atomic E-state index is 10.0. The zero-order valence-electron chi connectivity index (χ0n) is 15.8. The van der Waals surface area contributed by atoms with Crippen LogP contribution < -0.4 is 9.47 Å². The van der Waals surface area contributed by atoms with Crippen LogP contribution in [0.15, 0.2) is 35.4 Å². The van der Waals surface area contributed by atoms with Gasteiger partial charge in [-0.05, 0) is 46.6 Å². The van der Waals surface area contributed by atoms with Crippen LogP contribution in [0.5, 0.6) is 17.2 Å². The SMILES string of the molecule is CCCCCOc1cc(O)cc(OCC=C(C)C)c1CC=C(C)C. The molecule has 0 heterocycles. The molecule has 0 aliphatic heterocycles.